The first-order chi connectivity index (χ1) is 14.5. The van der Waals surface area contributed by atoms with Crippen LogP contribution >= 0.6 is 22.9 Å². The van der Waals surface area contributed by atoms with Gasteiger partial charge in [-0.25, -0.2) is 9.78 Å². The Morgan fingerprint density at radius 3 is 2.67 bits per heavy atom. The van der Waals surface area contributed by atoms with E-state index in [1.54, 1.807) is 13.0 Å². The molecular formula is C21H20ClN3O4S. The van der Waals surface area contributed by atoms with Crippen molar-refractivity contribution in [2.75, 3.05) is 38.3 Å². The van der Waals surface area contributed by atoms with Gasteiger partial charge in [-0.15, -0.1) is 11.3 Å². The molecule has 156 valence electrons. The number of rotatable bonds is 4. The summed E-state index contributed by atoms with van der Waals surface area (Å²) in [5.41, 5.74) is 2.23. The van der Waals surface area contributed by atoms with Crippen LogP contribution in [0.2, 0.25) is 0 Å². The number of nitrogens with one attached hydrogen (secondary N) is 1. The Morgan fingerprint density at radius 1 is 1.30 bits per heavy atom. The van der Waals surface area contributed by atoms with E-state index in [9.17, 15) is 9.59 Å². The fourth-order valence-corrected chi connectivity index (χ4v) is 4.68. The van der Waals surface area contributed by atoms with Crippen LogP contribution in [0.15, 0.2) is 29.1 Å². The second-order valence-electron chi connectivity index (χ2n) is 6.83. The largest absolute Gasteiger partial charge is 0.465 e. The first kappa shape index (κ1) is 20.6. The Hall–Kier alpha value is -2.68. The number of fused-ring (bicyclic) bond motifs is 1. The van der Waals surface area contributed by atoms with Crippen molar-refractivity contribution in [1.82, 2.24) is 9.97 Å². The lowest BCUT2D eigenvalue weighted by Crippen LogP contribution is -2.36. The molecule has 30 heavy (non-hydrogen) atoms. The van der Waals surface area contributed by atoms with Gasteiger partial charge in [0.05, 0.1) is 30.7 Å². The number of benzene rings is 1. The van der Waals surface area contributed by atoms with Gasteiger partial charge < -0.3 is 19.4 Å². The quantitative estimate of drug-likeness (QED) is 0.617. The number of halogens is 1. The summed E-state index contributed by atoms with van der Waals surface area (Å²) < 4.78 is 10.2. The monoisotopic (exact) mass is 445 g/mol. The van der Waals surface area contributed by atoms with E-state index in [0.717, 1.165) is 48.9 Å². The van der Waals surface area contributed by atoms with Gasteiger partial charge in [-0.3, -0.25) is 4.79 Å². The number of carbonyl (C=O) groups is 1. The lowest BCUT2D eigenvalue weighted by molar-refractivity contribution is 0.0605. The fourth-order valence-electron chi connectivity index (χ4n) is 3.36. The van der Waals surface area contributed by atoms with Crippen LogP contribution in [0.4, 0.5) is 5.69 Å². The number of hydrogen-bond acceptors (Lipinski definition) is 7. The number of H-pyrrole nitrogens is 1. The molecule has 7 nitrogen and oxygen atoms in total. The number of carbonyl (C=O) groups excluding carboxylic acids is 1. The Morgan fingerprint density at radius 2 is 2.00 bits per heavy atom. The van der Waals surface area contributed by atoms with E-state index in [1.807, 2.05) is 24.3 Å². The highest BCUT2D eigenvalue weighted by atomic mass is 35.5. The van der Waals surface area contributed by atoms with Crippen LogP contribution < -0.4 is 10.5 Å². The van der Waals surface area contributed by atoms with E-state index in [0.29, 0.717) is 25.7 Å². The molecule has 3 aromatic rings. The van der Waals surface area contributed by atoms with Crippen molar-refractivity contribution in [1.29, 1.82) is 0 Å². The molecule has 0 bridgehead atoms. The van der Waals surface area contributed by atoms with Crippen molar-refractivity contribution in [2.45, 2.75) is 6.92 Å². The summed E-state index contributed by atoms with van der Waals surface area (Å²) >= 11 is 7.57. The van der Waals surface area contributed by atoms with E-state index in [2.05, 4.69) is 14.9 Å². The molecule has 4 rings (SSSR count). The fraction of sp³-hybridized carbons (Fsp3) is 0.286. The third-order valence-corrected chi connectivity index (χ3v) is 6.41. The van der Waals surface area contributed by atoms with Crippen molar-refractivity contribution < 1.29 is 14.3 Å². The van der Waals surface area contributed by atoms with Gasteiger partial charge in [0.2, 0.25) is 0 Å². The molecule has 9 heteroatoms. The first-order valence-corrected chi connectivity index (χ1v) is 10.6. The maximum absolute atomic E-state index is 12.6. The number of aryl methyl sites for hydroxylation is 1. The van der Waals surface area contributed by atoms with Gasteiger partial charge in [-0.1, -0.05) is 23.7 Å². The predicted molar refractivity (Wildman–Crippen MR) is 120 cm³/mol. The normalized spacial score (nSPS) is 14.9. The summed E-state index contributed by atoms with van der Waals surface area (Å²) in [5, 5.41) is 0.683. The smallest absolute Gasteiger partial charge is 0.348 e. The summed E-state index contributed by atoms with van der Waals surface area (Å²) in [4.78, 5) is 34.7. The SMILES string of the molecule is COC(=O)c1sc2nc(/C(Cl)=C/c3ccc(N4CCOCC4)cc3)[nH]c(=O)c2c1C. The standard InChI is InChI=1S/C21H20ClN3O4S/c1-12-16-19(26)23-18(24-20(16)30-17(12)21(27)28-2)15(22)11-13-3-5-14(6-4-13)25-7-9-29-10-8-25/h3-6,11H,7-10H2,1-2H3,(H,23,24,26)/b15-11-. The molecule has 1 aliphatic heterocycles. The Bertz CT molecular complexity index is 1180. The summed E-state index contributed by atoms with van der Waals surface area (Å²) in [7, 11) is 1.30. The van der Waals surface area contributed by atoms with Crippen LogP contribution in [0.1, 0.15) is 26.6 Å². The number of ether oxygens (including phenoxy) is 2. The van der Waals surface area contributed by atoms with Crippen molar-refractivity contribution in [3.05, 3.63) is 56.4 Å². The Balaban J connectivity index is 1.63. The third kappa shape index (κ3) is 3.98. The third-order valence-electron chi connectivity index (χ3n) is 4.96. The van der Waals surface area contributed by atoms with Gasteiger partial charge in [0, 0.05) is 18.8 Å². The molecule has 0 amide bonds. The molecule has 1 aliphatic rings. The van der Waals surface area contributed by atoms with Crippen molar-refractivity contribution in [2.24, 2.45) is 0 Å². The van der Waals surface area contributed by atoms with Gasteiger partial charge in [-0.05, 0) is 36.3 Å². The maximum atomic E-state index is 12.6. The number of methoxy groups -OCH3 is 1. The second kappa shape index (κ2) is 8.59. The molecule has 1 saturated heterocycles. The molecule has 0 radical (unpaired) electrons. The number of thiophene rings is 1. The summed E-state index contributed by atoms with van der Waals surface area (Å²) in [6, 6.07) is 8.00. The number of hydrogen-bond donors (Lipinski definition) is 1. The molecule has 1 aromatic carbocycles. The highest BCUT2D eigenvalue weighted by Crippen LogP contribution is 2.29. The zero-order chi connectivity index (χ0) is 21.3. The highest BCUT2D eigenvalue weighted by molar-refractivity contribution is 7.20. The van der Waals surface area contributed by atoms with Crippen LogP contribution in [-0.4, -0.2) is 49.4 Å². The summed E-state index contributed by atoms with van der Waals surface area (Å²) in [5.74, 6) is -0.234. The number of aromatic amines is 1. The number of nitrogens with zero attached hydrogens (tertiary/aromatic N) is 2. The van der Waals surface area contributed by atoms with Crippen LogP contribution in [0.5, 0.6) is 0 Å². The topological polar surface area (TPSA) is 84.5 Å². The minimum atomic E-state index is -0.488. The highest BCUT2D eigenvalue weighted by Gasteiger charge is 2.20. The number of morpholine rings is 1. The van der Waals surface area contributed by atoms with Crippen molar-refractivity contribution in [3.8, 4) is 0 Å². The lowest BCUT2D eigenvalue weighted by Gasteiger charge is -2.28. The maximum Gasteiger partial charge on any atom is 0.348 e. The van der Waals surface area contributed by atoms with E-state index >= 15 is 0 Å². The van der Waals surface area contributed by atoms with Gasteiger partial charge >= 0.3 is 5.97 Å². The molecule has 0 aliphatic carbocycles. The van der Waals surface area contributed by atoms with Gasteiger partial charge in [-0.2, -0.15) is 0 Å². The molecule has 0 saturated carbocycles. The molecule has 1 fully saturated rings. The molecule has 1 N–H and O–H groups in total. The van der Waals surface area contributed by atoms with E-state index in [4.69, 9.17) is 21.1 Å². The number of anilines is 1. The van der Waals surface area contributed by atoms with E-state index in [-0.39, 0.29) is 11.4 Å². The molecule has 0 spiro atoms. The molecule has 3 heterocycles. The Labute approximate surface area is 181 Å². The van der Waals surface area contributed by atoms with Crippen LogP contribution in [0, 0.1) is 6.92 Å². The molecule has 0 atom stereocenters. The predicted octanol–water partition coefficient (Wildman–Crippen LogP) is 3.65. The zero-order valence-corrected chi connectivity index (χ0v) is 18.1. The average molecular weight is 446 g/mol. The summed E-state index contributed by atoms with van der Waals surface area (Å²) in [6.45, 7) is 4.91. The van der Waals surface area contributed by atoms with Crippen LogP contribution in [0.3, 0.4) is 0 Å². The minimum absolute atomic E-state index is 0.254. The first-order valence-electron chi connectivity index (χ1n) is 9.40. The Kier molecular flexibility index (Phi) is 5.90. The van der Waals surface area contributed by atoms with Gasteiger partial charge in [0.15, 0.2) is 5.82 Å². The molecule has 0 unspecified atom stereocenters. The molecule has 2 aromatic heterocycles. The van der Waals surface area contributed by atoms with Crippen molar-refractivity contribution >= 4 is 55.9 Å². The minimum Gasteiger partial charge on any atom is -0.465 e. The summed E-state index contributed by atoms with van der Waals surface area (Å²) in [6.07, 6.45) is 1.75. The zero-order valence-electron chi connectivity index (χ0n) is 16.5. The van der Waals surface area contributed by atoms with Crippen LogP contribution in [0.25, 0.3) is 21.3 Å². The van der Waals surface area contributed by atoms with E-state index < -0.39 is 5.97 Å². The van der Waals surface area contributed by atoms with Crippen molar-refractivity contribution in [3.63, 3.8) is 0 Å². The average Bonchev–Trinajstić information content (AvgIpc) is 3.11. The van der Waals surface area contributed by atoms with E-state index in [1.165, 1.54) is 7.11 Å². The van der Waals surface area contributed by atoms with Gasteiger partial charge in [0.25, 0.3) is 5.56 Å². The number of esters is 1. The van der Waals surface area contributed by atoms with Crippen LogP contribution in [-0.2, 0) is 9.47 Å². The van der Waals surface area contributed by atoms with Gasteiger partial charge in [0.1, 0.15) is 9.71 Å². The molecular weight excluding hydrogens is 426 g/mol. The lowest BCUT2D eigenvalue weighted by atomic mass is 10.1. The second-order valence-corrected chi connectivity index (χ2v) is 8.23. The number of aromatic nitrogens is 2.